The predicted molar refractivity (Wildman–Crippen MR) is 101 cm³/mol. The smallest absolute Gasteiger partial charge is 0.215 e. The molecule has 3 aromatic heterocycles. The molecule has 3 aromatic rings. The average molecular weight is 369 g/mol. The third kappa shape index (κ3) is 3.69. The van der Waals surface area contributed by atoms with Crippen molar-refractivity contribution in [3.05, 3.63) is 31.0 Å². The maximum absolute atomic E-state index is 5.58. The monoisotopic (exact) mass is 369 g/mol. The molecule has 142 valence electrons. The number of nitrogens with one attached hydrogen (secondary N) is 2. The molecular weight excluding hydrogens is 346 g/mol. The van der Waals surface area contributed by atoms with E-state index < -0.39 is 0 Å². The third-order valence-corrected chi connectivity index (χ3v) is 4.62. The Hall–Kier alpha value is -2.78. The molecule has 4 rings (SSSR count). The Morgan fingerprint density at radius 1 is 1.30 bits per heavy atom. The van der Waals surface area contributed by atoms with Crippen LogP contribution in [0.15, 0.2) is 31.0 Å². The number of nitrogens with zero attached hydrogens (tertiary/aromatic N) is 5. The first kappa shape index (κ1) is 17.6. The van der Waals surface area contributed by atoms with Crippen LogP contribution < -0.4 is 15.4 Å². The quantitative estimate of drug-likeness (QED) is 0.673. The largest absolute Gasteiger partial charge is 0.478 e. The van der Waals surface area contributed by atoms with Crippen molar-refractivity contribution >= 4 is 16.9 Å². The number of anilines is 1. The van der Waals surface area contributed by atoms with E-state index in [0.29, 0.717) is 24.1 Å². The first-order chi connectivity index (χ1) is 13.3. The van der Waals surface area contributed by atoms with Crippen LogP contribution in [0.1, 0.15) is 13.3 Å². The minimum absolute atomic E-state index is 0.142. The van der Waals surface area contributed by atoms with Crippen molar-refractivity contribution in [1.82, 2.24) is 29.8 Å². The SMILES string of the molecule is CCOc1cc2ncn(-c3cncc(NC4CNCCC4OC)n3)c2cn1. The molecule has 9 nitrogen and oxygen atoms in total. The molecule has 4 heterocycles. The number of rotatable bonds is 6. The Bertz CT molecular complexity index is 914. The zero-order valence-corrected chi connectivity index (χ0v) is 15.4. The van der Waals surface area contributed by atoms with Gasteiger partial charge in [-0.25, -0.2) is 15.0 Å². The summed E-state index contributed by atoms with van der Waals surface area (Å²) in [5.74, 6) is 1.93. The Morgan fingerprint density at radius 2 is 2.22 bits per heavy atom. The van der Waals surface area contributed by atoms with Gasteiger partial charge in [0.1, 0.15) is 12.1 Å². The van der Waals surface area contributed by atoms with Gasteiger partial charge in [0.15, 0.2) is 5.82 Å². The van der Waals surface area contributed by atoms with Crippen molar-refractivity contribution in [1.29, 1.82) is 0 Å². The summed E-state index contributed by atoms with van der Waals surface area (Å²) in [5.41, 5.74) is 1.64. The van der Waals surface area contributed by atoms with E-state index in [9.17, 15) is 0 Å². The summed E-state index contributed by atoms with van der Waals surface area (Å²) in [6.07, 6.45) is 7.98. The summed E-state index contributed by atoms with van der Waals surface area (Å²) in [7, 11) is 1.74. The maximum atomic E-state index is 5.58. The fraction of sp³-hybridized carbons (Fsp3) is 0.444. The minimum atomic E-state index is 0.142. The van der Waals surface area contributed by atoms with Gasteiger partial charge in [0.05, 0.1) is 48.4 Å². The van der Waals surface area contributed by atoms with Crippen LogP contribution in [0.4, 0.5) is 5.82 Å². The average Bonchev–Trinajstić information content (AvgIpc) is 3.12. The van der Waals surface area contributed by atoms with Crippen molar-refractivity contribution in [3.63, 3.8) is 0 Å². The zero-order valence-electron chi connectivity index (χ0n) is 15.4. The number of hydrogen-bond acceptors (Lipinski definition) is 8. The fourth-order valence-electron chi connectivity index (χ4n) is 3.29. The molecule has 1 fully saturated rings. The fourth-order valence-corrected chi connectivity index (χ4v) is 3.29. The predicted octanol–water partition coefficient (Wildman–Crippen LogP) is 1.40. The lowest BCUT2D eigenvalue weighted by molar-refractivity contribution is 0.0664. The van der Waals surface area contributed by atoms with Crippen LogP contribution in [0.2, 0.25) is 0 Å². The summed E-state index contributed by atoms with van der Waals surface area (Å²) < 4.78 is 12.9. The Morgan fingerprint density at radius 3 is 3.07 bits per heavy atom. The first-order valence-electron chi connectivity index (χ1n) is 9.07. The van der Waals surface area contributed by atoms with Crippen LogP contribution in [-0.2, 0) is 4.74 Å². The van der Waals surface area contributed by atoms with E-state index in [1.165, 1.54) is 0 Å². The van der Waals surface area contributed by atoms with E-state index >= 15 is 0 Å². The summed E-state index contributed by atoms with van der Waals surface area (Å²) in [4.78, 5) is 17.8. The van der Waals surface area contributed by atoms with E-state index in [0.717, 1.165) is 30.5 Å². The second-order valence-electron chi connectivity index (χ2n) is 6.34. The number of piperidine rings is 1. The zero-order chi connectivity index (χ0) is 18.6. The summed E-state index contributed by atoms with van der Waals surface area (Å²) in [6.45, 7) is 4.27. The summed E-state index contributed by atoms with van der Waals surface area (Å²) >= 11 is 0. The highest BCUT2D eigenvalue weighted by Gasteiger charge is 2.25. The molecule has 2 unspecified atom stereocenters. The molecule has 27 heavy (non-hydrogen) atoms. The van der Waals surface area contributed by atoms with Crippen LogP contribution in [0, 0.1) is 0 Å². The van der Waals surface area contributed by atoms with E-state index in [1.807, 2.05) is 17.6 Å². The number of pyridine rings is 1. The van der Waals surface area contributed by atoms with Gasteiger partial charge in [-0.05, 0) is 19.9 Å². The van der Waals surface area contributed by atoms with Gasteiger partial charge in [-0.2, -0.15) is 0 Å². The van der Waals surface area contributed by atoms with Gasteiger partial charge < -0.3 is 20.1 Å². The van der Waals surface area contributed by atoms with Crippen LogP contribution in [-0.4, -0.2) is 63.5 Å². The molecule has 1 aliphatic rings. The van der Waals surface area contributed by atoms with Gasteiger partial charge >= 0.3 is 0 Å². The van der Waals surface area contributed by atoms with Gasteiger partial charge in [-0.3, -0.25) is 9.55 Å². The van der Waals surface area contributed by atoms with Crippen molar-refractivity contribution in [2.24, 2.45) is 0 Å². The molecule has 0 spiro atoms. The number of hydrogen-bond donors (Lipinski definition) is 2. The second-order valence-corrected chi connectivity index (χ2v) is 6.34. The first-order valence-corrected chi connectivity index (χ1v) is 9.07. The lowest BCUT2D eigenvalue weighted by atomic mass is 10.0. The number of fused-ring (bicyclic) bond motifs is 1. The van der Waals surface area contributed by atoms with E-state index in [2.05, 4.69) is 25.6 Å². The molecule has 9 heteroatoms. The molecule has 0 radical (unpaired) electrons. The lowest BCUT2D eigenvalue weighted by Gasteiger charge is -2.31. The van der Waals surface area contributed by atoms with Crippen molar-refractivity contribution in [2.75, 3.05) is 32.1 Å². The minimum Gasteiger partial charge on any atom is -0.478 e. The molecule has 0 aliphatic carbocycles. The van der Waals surface area contributed by atoms with Crippen molar-refractivity contribution < 1.29 is 9.47 Å². The molecule has 0 bridgehead atoms. The van der Waals surface area contributed by atoms with Crippen molar-refractivity contribution in [2.45, 2.75) is 25.5 Å². The third-order valence-electron chi connectivity index (χ3n) is 4.62. The molecule has 1 saturated heterocycles. The molecule has 1 aliphatic heterocycles. The Kier molecular flexibility index (Phi) is 5.12. The highest BCUT2D eigenvalue weighted by atomic mass is 16.5. The molecule has 0 saturated carbocycles. The van der Waals surface area contributed by atoms with Crippen molar-refractivity contribution in [3.8, 4) is 11.7 Å². The molecule has 0 amide bonds. The van der Waals surface area contributed by atoms with Gasteiger partial charge in [-0.1, -0.05) is 0 Å². The number of methoxy groups -OCH3 is 1. The lowest BCUT2D eigenvalue weighted by Crippen LogP contribution is -2.49. The number of ether oxygens (including phenoxy) is 2. The van der Waals surface area contributed by atoms with Crippen LogP contribution >= 0.6 is 0 Å². The van der Waals surface area contributed by atoms with E-state index in [1.54, 1.807) is 32.0 Å². The highest BCUT2D eigenvalue weighted by Crippen LogP contribution is 2.20. The highest BCUT2D eigenvalue weighted by molar-refractivity contribution is 5.77. The number of aromatic nitrogens is 5. The Balaban J connectivity index is 1.59. The van der Waals surface area contributed by atoms with E-state index in [4.69, 9.17) is 14.5 Å². The molecule has 2 atom stereocenters. The molecule has 0 aromatic carbocycles. The van der Waals surface area contributed by atoms with Gasteiger partial charge in [-0.15, -0.1) is 0 Å². The normalized spacial score (nSPS) is 19.9. The van der Waals surface area contributed by atoms with Gasteiger partial charge in [0.25, 0.3) is 0 Å². The van der Waals surface area contributed by atoms with Gasteiger partial charge in [0, 0.05) is 19.7 Å². The van der Waals surface area contributed by atoms with Crippen LogP contribution in [0.3, 0.4) is 0 Å². The standard InChI is InChI=1S/C18H23N7O2/c1-3-27-18-6-12-14(8-21-18)25(11-22-12)17-10-20-9-16(24-17)23-13-7-19-5-4-15(13)26-2/h6,8-11,13,15,19H,3-5,7H2,1-2H3,(H,23,24). The molecular formula is C18H23N7O2. The van der Waals surface area contributed by atoms with Gasteiger partial charge in [0.2, 0.25) is 5.88 Å². The second kappa shape index (κ2) is 7.85. The summed E-state index contributed by atoms with van der Waals surface area (Å²) in [6, 6.07) is 1.96. The van der Waals surface area contributed by atoms with Crippen LogP contribution in [0.5, 0.6) is 5.88 Å². The molecule has 2 N–H and O–H groups in total. The maximum Gasteiger partial charge on any atom is 0.215 e. The van der Waals surface area contributed by atoms with E-state index in [-0.39, 0.29) is 12.1 Å². The summed E-state index contributed by atoms with van der Waals surface area (Å²) in [5, 5.41) is 6.80. The van der Waals surface area contributed by atoms with Crippen LogP contribution in [0.25, 0.3) is 16.9 Å². The number of imidazole rings is 1. The Labute approximate surface area is 157 Å². The topological polar surface area (TPSA) is 99.0 Å².